The number of ether oxygens (including phenoxy) is 1. The fraction of sp³-hybridized carbons (Fsp3) is 0.333. The molecule has 2 N–H and O–H groups in total. The van der Waals surface area contributed by atoms with Crippen LogP contribution in [0.4, 0.5) is 5.69 Å². The molecule has 0 aromatic heterocycles. The van der Waals surface area contributed by atoms with Crippen molar-refractivity contribution >= 4 is 27.5 Å². The number of anilines is 1. The first-order valence-corrected chi connectivity index (χ1v) is 11.5. The Kier molecular flexibility index (Phi) is 6.31. The summed E-state index contributed by atoms with van der Waals surface area (Å²) in [5, 5.41) is 0. The Morgan fingerprint density at radius 1 is 1.00 bits per heavy atom. The van der Waals surface area contributed by atoms with Gasteiger partial charge in [0.05, 0.1) is 18.0 Å². The monoisotopic (exact) mass is 431 g/mol. The van der Waals surface area contributed by atoms with E-state index >= 15 is 0 Å². The van der Waals surface area contributed by atoms with Crippen LogP contribution in [0.2, 0.25) is 0 Å². The van der Waals surface area contributed by atoms with Crippen molar-refractivity contribution in [2.75, 3.05) is 17.1 Å². The van der Waals surface area contributed by atoms with Crippen molar-refractivity contribution in [2.45, 2.75) is 32.8 Å². The molecule has 0 bridgehead atoms. The molecule has 2 amide bonds. The number of benzene rings is 2. The Hall–Kier alpha value is -3.07. The van der Waals surface area contributed by atoms with Crippen molar-refractivity contribution in [3.8, 4) is 5.75 Å². The largest absolute Gasteiger partial charge is 0.491 e. The summed E-state index contributed by atoms with van der Waals surface area (Å²) in [5.74, 6) is -0.286. The van der Waals surface area contributed by atoms with E-state index in [4.69, 9.17) is 4.74 Å². The summed E-state index contributed by atoms with van der Waals surface area (Å²) < 4.78 is 30.8. The summed E-state index contributed by atoms with van der Waals surface area (Å²) in [7, 11) is -3.37. The fourth-order valence-electron chi connectivity index (χ4n) is 3.26. The molecule has 3 rings (SSSR count). The second kappa shape index (κ2) is 8.74. The van der Waals surface area contributed by atoms with Crippen molar-refractivity contribution in [1.82, 2.24) is 10.9 Å². The first-order chi connectivity index (χ1) is 14.1. The van der Waals surface area contributed by atoms with E-state index in [9.17, 15) is 18.0 Å². The third kappa shape index (κ3) is 5.10. The predicted octanol–water partition coefficient (Wildman–Crippen LogP) is 2.26. The minimum absolute atomic E-state index is 0.0325. The molecular weight excluding hydrogens is 406 g/mol. The molecule has 0 radical (unpaired) electrons. The maximum atomic E-state index is 12.4. The number of aryl methyl sites for hydroxylation is 1. The van der Waals surface area contributed by atoms with Gasteiger partial charge in [-0.15, -0.1) is 0 Å². The summed E-state index contributed by atoms with van der Waals surface area (Å²) in [6.45, 7) is 4.25. The lowest BCUT2D eigenvalue weighted by Gasteiger charge is -2.29. The molecule has 0 saturated carbocycles. The minimum atomic E-state index is -3.37. The second-order valence-electron chi connectivity index (χ2n) is 7.38. The van der Waals surface area contributed by atoms with E-state index < -0.39 is 21.8 Å². The van der Waals surface area contributed by atoms with E-state index in [1.165, 1.54) is 10.6 Å². The number of carbonyl (C=O) groups excluding carboxylic acids is 2. The number of hydrogen-bond donors (Lipinski definition) is 2. The highest BCUT2D eigenvalue weighted by molar-refractivity contribution is 7.92. The molecule has 0 spiro atoms. The zero-order chi connectivity index (χ0) is 21.9. The average Bonchev–Trinajstić information content (AvgIpc) is 2.70. The van der Waals surface area contributed by atoms with Crippen molar-refractivity contribution < 1.29 is 22.7 Å². The molecule has 0 fully saturated rings. The van der Waals surface area contributed by atoms with Crippen LogP contribution in [0.25, 0.3) is 0 Å². The molecule has 2 aromatic carbocycles. The van der Waals surface area contributed by atoms with Crippen molar-refractivity contribution in [2.24, 2.45) is 0 Å². The zero-order valence-electron chi connectivity index (χ0n) is 17.1. The van der Waals surface area contributed by atoms with Gasteiger partial charge in [0.2, 0.25) is 10.0 Å². The summed E-state index contributed by atoms with van der Waals surface area (Å²) in [5.41, 5.74) is 6.86. The average molecular weight is 432 g/mol. The molecule has 8 nitrogen and oxygen atoms in total. The molecule has 0 aliphatic carbocycles. The second-order valence-corrected chi connectivity index (χ2v) is 9.29. The molecule has 1 aliphatic heterocycles. The Balaban J connectivity index is 1.64. The normalized spacial score (nSPS) is 13.5. The first kappa shape index (κ1) is 21.6. The van der Waals surface area contributed by atoms with Crippen LogP contribution >= 0.6 is 0 Å². The van der Waals surface area contributed by atoms with Crippen LogP contribution in [0.5, 0.6) is 5.75 Å². The highest BCUT2D eigenvalue weighted by Gasteiger charge is 2.24. The summed E-state index contributed by atoms with van der Waals surface area (Å²) in [6.07, 6.45) is 2.56. The molecule has 160 valence electrons. The van der Waals surface area contributed by atoms with Gasteiger partial charge in [0, 0.05) is 17.7 Å². The zero-order valence-corrected chi connectivity index (χ0v) is 18.0. The molecule has 0 atom stereocenters. The van der Waals surface area contributed by atoms with Crippen LogP contribution in [0.3, 0.4) is 0 Å². The predicted molar refractivity (Wildman–Crippen MR) is 114 cm³/mol. The van der Waals surface area contributed by atoms with Crippen LogP contribution in [-0.2, 0) is 16.4 Å². The van der Waals surface area contributed by atoms with Gasteiger partial charge in [-0.25, -0.2) is 8.42 Å². The molecular formula is C21H25N3O5S. The van der Waals surface area contributed by atoms with Crippen LogP contribution in [0.1, 0.15) is 46.5 Å². The third-order valence-electron chi connectivity index (χ3n) is 4.60. The topological polar surface area (TPSA) is 105 Å². The molecule has 0 unspecified atom stereocenters. The number of carbonyl (C=O) groups is 2. The van der Waals surface area contributed by atoms with Crippen molar-refractivity contribution in [3.63, 3.8) is 0 Å². The Bertz CT molecular complexity index is 1050. The van der Waals surface area contributed by atoms with Gasteiger partial charge in [0.1, 0.15) is 5.75 Å². The first-order valence-electron chi connectivity index (χ1n) is 9.63. The van der Waals surface area contributed by atoms with E-state index in [0.717, 1.165) is 5.56 Å². The van der Waals surface area contributed by atoms with Gasteiger partial charge in [-0.3, -0.25) is 24.7 Å². The number of hydrogen-bond acceptors (Lipinski definition) is 5. The van der Waals surface area contributed by atoms with Crippen molar-refractivity contribution in [1.29, 1.82) is 0 Å². The van der Waals surface area contributed by atoms with Gasteiger partial charge in [0.15, 0.2) is 0 Å². The van der Waals surface area contributed by atoms with Gasteiger partial charge in [0.25, 0.3) is 11.8 Å². The molecule has 30 heavy (non-hydrogen) atoms. The van der Waals surface area contributed by atoms with E-state index in [1.54, 1.807) is 42.5 Å². The van der Waals surface area contributed by atoms with Gasteiger partial charge >= 0.3 is 0 Å². The molecule has 2 aromatic rings. The number of amides is 2. The quantitative estimate of drug-likeness (QED) is 0.707. The molecule has 0 saturated heterocycles. The van der Waals surface area contributed by atoms with Gasteiger partial charge < -0.3 is 4.74 Å². The number of nitrogens with one attached hydrogen (secondary N) is 2. The highest BCUT2D eigenvalue weighted by atomic mass is 32.2. The van der Waals surface area contributed by atoms with Gasteiger partial charge in [-0.2, -0.15) is 0 Å². The smallest absolute Gasteiger partial charge is 0.269 e. The van der Waals surface area contributed by atoms with Crippen LogP contribution in [0, 0.1) is 0 Å². The number of sulfonamides is 1. The lowest BCUT2D eigenvalue weighted by molar-refractivity contribution is 0.0846. The minimum Gasteiger partial charge on any atom is -0.491 e. The van der Waals surface area contributed by atoms with Gasteiger partial charge in [-0.1, -0.05) is 0 Å². The maximum absolute atomic E-state index is 12.4. The number of hydrazine groups is 1. The van der Waals surface area contributed by atoms with Crippen molar-refractivity contribution in [3.05, 3.63) is 59.2 Å². The van der Waals surface area contributed by atoms with Crippen LogP contribution in [0.15, 0.2) is 42.5 Å². The fourth-order valence-corrected chi connectivity index (χ4v) is 4.26. The lowest BCUT2D eigenvalue weighted by atomic mass is 10.0. The summed E-state index contributed by atoms with van der Waals surface area (Å²) >= 11 is 0. The van der Waals surface area contributed by atoms with Crippen LogP contribution < -0.4 is 19.9 Å². The number of rotatable bonds is 5. The van der Waals surface area contributed by atoms with E-state index in [0.29, 0.717) is 42.0 Å². The van der Waals surface area contributed by atoms with E-state index in [1.807, 2.05) is 13.8 Å². The summed E-state index contributed by atoms with van der Waals surface area (Å²) in [4.78, 5) is 24.7. The highest BCUT2D eigenvalue weighted by Crippen LogP contribution is 2.29. The third-order valence-corrected chi connectivity index (χ3v) is 5.78. The number of nitrogens with zero attached hydrogens (tertiary/aromatic N) is 1. The number of fused-ring (bicyclic) bond motifs is 1. The van der Waals surface area contributed by atoms with E-state index in [2.05, 4.69) is 10.9 Å². The molecule has 1 aliphatic rings. The Labute approximate surface area is 176 Å². The van der Waals surface area contributed by atoms with Gasteiger partial charge in [-0.05, 0) is 74.7 Å². The summed E-state index contributed by atoms with van der Waals surface area (Å²) in [6, 6.07) is 11.4. The SMILES string of the molecule is CC(C)Oc1ccc(C(=O)NNC(=O)c2ccc3c(c2)CCCN3S(C)(=O)=O)cc1. The van der Waals surface area contributed by atoms with E-state index in [-0.39, 0.29) is 6.10 Å². The molecule has 1 heterocycles. The van der Waals surface area contributed by atoms with Crippen LogP contribution in [-0.4, -0.2) is 39.1 Å². The Morgan fingerprint density at radius 2 is 1.60 bits per heavy atom. The maximum Gasteiger partial charge on any atom is 0.269 e. The standard InChI is InChI=1S/C21H25N3O5S/c1-14(2)29-18-9-6-15(7-10-18)20(25)22-23-21(26)17-8-11-19-16(13-17)5-4-12-24(19)30(3,27)28/h6-11,13-14H,4-5,12H2,1-3H3,(H,22,25)(H,23,26). The molecule has 9 heteroatoms. The Morgan fingerprint density at radius 3 is 2.20 bits per heavy atom. The lowest BCUT2D eigenvalue weighted by Crippen LogP contribution is -2.41.